The number of carbonyl (C=O) groups is 1. The van der Waals surface area contributed by atoms with Crippen LogP contribution in [-0.4, -0.2) is 23.6 Å². The predicted molar refractivity (Wildman–Crippen MR) is 62.2 cm³/mol. The van der Waals surface area contributed by atoms with Crippen LogP contribution in [0.4, 0.5) is 0 Å². The first kappa shape index (κ1) is 11.5. The van der Waals surface area contributed by atoms with Crippen molar-refractivity contribution >= 4 is 36.2 Å². The first-order valence-electron chi connectivity index (χ1n) is 4.16. The fourth-order valence-electron chi connectivity index (χ4n) is 1.67. The molecule has 2 nitrogen and oxygen atoms in total. The maximum atomic E-state index is 11.6. The van der Waals surface area contributed by atoms with Crippen molar-refractivity contribution in [2.75, 3.05) is 13.1 Å². The second-order valence-corrected chi connectivity index (χ2v) is 7.96. The Hall–Kier alpha value is 0.420. The summed E-state index contributed by atoms with van der Waals surface area (Å²) in [6, 6.07) is 0. The second kappa shape index (κ2) is 3.53. The van der Waals surface area contributed by atoms with E-state index >= 15 is 0 Å². The van der Waals surface area contributed by atoms with Gasteiger partial charge in [0.2, 0.25) is 0 Å². The summed E-state index contributed by atoms with van der Waals surface area (Å²) in [6.07, 6.45) is 0. The van der Waals surface area contributed by atoms with Crippen LogP contribution >= 0.6 is 0 Å². The average Bonchev–Trinajstić information content (AvgIpc) is 2.31. The standard InChI is InChI=1S/C8H14NOS3/c1-6(10)7(2)4-9-5-8(7,3)13(11)12/h9H,4-5H2,1-3H3/q-1. The molecule has 1 heterocycles. The van der Waals surface area contributed by atoms with E-state index in [1.165, 1.54) is 0 Å². The number of hydrogen-bond acceptors (Lipinski definition) is 5. The normalized spacial score (nSPS) is 39.7. The summed E-state index contributed by atoms with van der Waals surface area (Å²) in [6.45, 7) is 7.09. The van der Waals surface area contributed by atoms with Crippen LogP contribution in [-0.2, 0) is 35.2 Å². The van der Waals surface area contributed by atoms with Gasteiger partial charge in [-0.15, -0.1) is 0 Å². The Morgan fingerprint density at radius 2 is 1.92 bits per heavy atom. The molecular formula is C8H14NOS3-. The smallest absolute Gasteiger partial charge is 0.135 e. The number of rotatable bonds is 2. The Kier molecular flexibility index (Phi) is 3.12. The molecule has 0 saturated carbocycles. The highest BCUT2D eigenvalue weighted by Gasteiger charge is 2.46. The van der Waals surface area contributed by atoms with Crippen molar-refractivity contribution in [2.45, 2.75) is 25.5 Å². The summed E-state index contributed by atoms with van der Waals surface area (Å²) in [7, 11) is -0.563. The van der Waals surface area contributed by atoms with E-state index in [0.717, 1.165) is 6.54 Å². The minimum Gasteiger partial charge on any atom is -0.339 e. The van der Waals surface area contributed by atoms with E-state index in [9.17, 15) is 4.79 Å². The lowest BCUT2D eigenvalue weighted by atomic mass is 9.77. The number of Topliss-reactive ketones (excluding diaryl/α,β-unsaturated/α-hetero) is 1. The van der Waals surface area contributed by atoms with Crippen LogP contribution in [0.5, 0.6) is 0 Å². The summed E-state index contributed by atoms with van der Waals surface area (Å²) in [5.41, 5.74) is -0.375. The first-order chi connectivity index (χ1) is 5.84. The van der Waals surface area contributed by atoms with Crippen LogP contribution in [0.1, 0.15) is 20.8 Å². The maximum absolute atomic E-state index is 11.6. The second-order valence-electron chi connectivity index (χ2n) is 3.96. The summed E-state index contributed by atoms with van der Waals surface area (Å²) in [5, 5.41) is 3.22. The van der Waals surface area contributed by atoms with Gasteiger partial charge in [0.15, 0.2) is 0 Å². The monoisotopic (exact) mass is 236 g/mol. The molecule has 13 heavy (non-hydrogen) atoms. The summed E-state index contributed by atoms with van der Waals surface area (Å²) >= 11 is 10.3. The topological polar surface area (TPSA) is 29.1 Å². The highest BCUT2D eigenvalue weighted by molar-refractivity contribution is 8.47. The van der Waals surface area contributed by atoms with Crippen LogP contribution in [0, 0.1) is 5.41 Å². The molecule has 2 unspecified atom stereocenters. The lowest BCUT2D eigenvalue weighted by Gasteiger charge is -2.43. The van der Waals surface area contributed by atoms with Gasteiger partial charge >= 0.3 is 0 Å². The SMILES string of the molecule is CC(=O)C1(C)CNCC1(C)[S-](=S)=S. The van der Waals surface area contributed by atoms with E-state index in [1.807, 2.05) is 13.8 Å². The van der Waals surface area contributed by atoms with Gasteiger partial charge in [-0.3, -0.25) is 27.2 Å². The van der Waals surface area contributed by atoms with Gasteiger partial charge in [-0.1, -0.05) is 18.6 Å². The zero-order chi connectivity index (χ0) is 10.3. The molecule has 1 fully saturated rings. The Balaban J connectivity index is 3.19. The number of nitrogens with one attached hydrogen (secondary N) is 1. The molecule has 1 aliphatic rings. The third-order valence-electron chi connectivity index (χ3n) is 3.25. The quantitative estimate of drug-likeness (QED) is 0.707. The van der Waals surface area contributed by atoms with E-state index < -0.39 is 8.01 Å². The Morgan fingerprint density at radius 1 is 1.38 bits per heavy atom. The van der Waals surface area contributed by atoms with Crippen molar-refractivity contribution in [3.63, 3.8) is 0 Å². The fourth-order valence-corrected chi connectivity index (χ4v) is 3.93. The average molecular weight is 236 g/mol. The van der Waals surface area contributed by atoms with Crippen LogP contribution < -0.4 is 5.32 Å². The largest absolute Gasteiger partial charge is 0.339 e. The minimum absolute atomic E-state index is 0.187. The van der Waals surface area contributed by atoms with Crippen LogP contribution in [0.15, 0.2) is 0 Å². The molecule has 2 atom stereocenters. The molecule has 0 amide bonds. The van der Waals surface area contributed by atoms with Gasteiger partial charge in [0.1, 0.15) is 5.78 Å². The number of ketones is 1. The molecule has 1 saturated heterocycles. The van der Waals surface area contributed by atoms with Gasteiger partial charge in [-0.05, 0) is 13.5 Å². The molecular weight excluding hydrogens is 222 g/mol. The zero-order valence-corrected chi connectivity index (χ0v) is 10.5. The summed E-state index contributed by atoms with van der Waals surface area (Å²) < 4.78 is -0.233. The van der Waals surface area contributed by atoms with Crippen LogP contribution in [0.2, 0.25) is 0 Å². The van der Waals surface area contributed by atoms with E-state index in [-0.39, 0.29) is 15.9 Å². The zero-order valence-electron chi connectivity index (χ0n) is 8.05. The Morgan fingerprint density at radius 3 is 2.23 bits per heavy atom. The Labute approximate surface area is 90.3 Å². The molecule has 76 valence electrons. The van der Waals surface area contributed by atoms with Crippen molar-refractivity contribution in [1.29, 1.82) is 0 Å². The van der Waals surface area contributed by atoms with Crippen LogP contribution in [0.3, 0.4) is 0 Å². The number of hydrogen-bond donors (Lipinski definition) is 1. The highest BCUT2D eigenvalue weighted by atomic mass is 33.1. The molecule has 0 aromatic heterocycles. The molecule has 1 aliphatic heterocycles. The lowest BCUT2D eigenvalue weighted by molar-refractivity contribution is -0.125. The Bertz CT molecular complexity index is 305. The molecule has 0 aromatic carbocycles. The van der Waals surface area contributed by atoms with E-state index in [1.54, 1.807) is 6.92 Å². The molecule has 0 bridgehead atoms. The molecule has 0 spiro atoms. The van der Waals surface area contributed by atoms with Gasteiger partial charge in [-0.25, -0.2) is 0 Å². The first-order valence-corrected chi connectivity index (χ1v) is 7.23. The molecule has 1 N–H and O–H groups in total. The fraction of sp³-hybridized carbons (Fsp3) is 0.875. The minimum atomic E-state index is -0.563. The van der Waals surface area contributed by atoms with Crippen molar-refractivity contribution in [1.82, 2.24) is 5.32 Å². The third kappa shape index (κ3) is 1.56. The van der Waals surface area contributed by atoms with Gasteiger partial charge in [0.05, 0.1) is 0 Å². The predicted octanol–water partition coefficient (Wildman–Crippen LogP) is 0.486. The third-order valence-corrected chi connectivity index (χ3v) is 6.79. The molecule has 0 aromatic rings. The van der Waals surface area contributed by atoms with Crippen molar-refractivity contribution in [2.24, 2.45) is 5.41 Å². The van der Waals surface area contributed by atoms with Crippen molar-refractivity contribution < 1.29 is 4.79 Å². The van der Waals surface area contributed by atoms with E-state index in [4.69, 9.17) is 22.4 Å². The molecule has 0 radical (unpaired) electrons. The number of carbonyl (C=O) groups excluding carboxylic acids is 1. The van der Waals surface area contributed by atoms with Gasteiger partial charge in [0.25, 0.3) is 0 Å². The summed E-state index contributed by atoms with van der Waals surface area (Å²) in [4.78, 5) is 11.6. The van der Waals surface area contributed by atoms with Crippen LogP contribution in [0.25, 0.3) is 0 Å². The van der Waals surface area contributed by atoms with Crippen molar-refractivity contribution in [3.8, 4) is 0 Å². The molecule has 0 aliphatic carbocycles. The van der Waals surface area contributed by atoms with Gasteiger partial charge in [-0.2, -0.15) is 0 Å². The van der Waals surface area contributed by atoms with Gasteiger partial charge < -0.3 is 13.3 Å². The van der Waals surface area contributed by atoms with E-state index in [0.29, 0.717) is 6.54 Å². The molecule has 5 heteroatoms. The van der Waals surface area contributed by atoms with E-state index in [2.05, 4.69) is 5.32 Å². The van der Waals surface area contributed by atoms with Crippen molar-refractivity contribution in [3.05, 3.63) is 0 Å². The lowest BCUT2D eigenvalue weighted by Crippen LogP contribution is -2.48. The highest BCUT2D eigenvalue weighted by Crippen LogP contribution is 2.38. The van der Waals surface area contributed by atoms with Gasteiger partial charge in [0, 0.05) is 12.0 Å². The maximum Gasteiger partial charge on any atom is 0.135 e. The molecule has 1 rings (SSSR count). The summed E-state index contributed by atoms with van der Waals surface area (Å²) in [5.74, 6) is 0.187.